The molecule has 1 aromatic rings. The summed E-state index contributed by atoms with van der Waals surface area (Å²) < 4.78 is 9.77. The van der Waals surface area contributed by atoms with Crippen molar-refractivity contribution < 1.29 is 39.8 Å². The quantitative estimate of drug-likeness (QED) is 0.345. The molecule has 0 aliphatic carbocycles. The van der Waals surface area contributed by atoms with Crippen LogP contribution >= 0.6 is 0 Å². The maximum Gasteiger partial charge on any atom is 0.274 e. The van der Waals surface area contributed by atoms with Gasteiger partial charge in [0.1, 0.15) is 24.4 Å². The zero-order chi connectivity index (χ0) is 17.1. The second kappa shape index (κ2) is 7.06. The van der Waals surface area contributed by atoms with Gasteiger partial charge in [0.05, 0.1) is 13.7 Å². The molecule has 1 aliphatic heterocycles. The molecule has 1 saturated heterocycles. The van der Waals surface area contributed by atoms with Crippen molar-refractivity contribution in [3.05, 3.63) is 18.0 Å². The molecule has 128 valence electrons. The lowest BCUT2D eigenvalue weighted by molar-refractivity contribution is -0.252. The molecule has 0 bridgehead atoms. The van der Waals surface area contributed by atoms with Crippen molar-refractivity contribution in [2.75, 3.05) is 13.7 Å². The van der Waals surface area contributed by atoms with Crippen molar-refractivity contribution in [2.45, 2.75) is 30.6 Å². The number of hydrogen-bond acceptors (Lipinski definition) is 9. The Bertz CT molecular complexity index is 569. The summed E-state index contributed by atoms with van der Waals surface area (Å²) in [6.07, 6.45) is -4.72. The summed E-state index contributed by atoms with van der Waals surface area (Å²) in [4.78, 5) is 15.9. The number of aromatic hydroxyl groups is 1. The summed E-state index contributed by atoms with van der Waals surface area (Å²) in [5.74, 6) is -1.41. The average Bonchev–Trinajstić information content (AvgIpc) is 2.54. The highest BCUT2D eigenvalue weighted by Gasteiger charge is 2.44. The number of aromatic nitrogens is 1. The number of carbonyl (C=O) groups excluding carboxylic acids is 1. The van der Waals surface area contributed by atoms with Crippen LogP contribution in [0.2, 0.25) is 0 Å². The summed E-state index contributed by atoms with van der Waals surface area (Å²) in [6.45, 7) is -0.617. The van der Waals surface area contributed by atoms with E-state index in [1.165, 1.54) is 19.4 Å². The van der Waals surface area contributed by atoms with E-state index in [0.717, 1.165) is 0 Å². The van der Waals surface area contributed by atoms with Gasteiger partial charge in [-0.05, 0) is 0 Å². The largest absolute Gasteiger partial charge is 0.503 e. The Morgan fingerprint density at radius 3 is 2.70 bits per heavy atom. The topological polar surface area (TPSA) is 162 Å². The highest BCUT2D eigenvalue weighted by molar-refractivity contribution is 5.95. The molecule has 1 fully saturated rings. The maximum absolute atomic E-state index is 12.2. The normalized spacial score (nSPS) is 30.7. The molecule has 23 heavy (non-hydrogen) atoms. The van der Waals surface area contributed by atoms with E-state index in [0.29, 0.717) is 0 Å². The van der Waals surface area contributed by atoms with Gasteiger partial charge in [-0.3, -0.25) is 4.79 Å². The fraction of sp³-hybridized carbons (Fsp3) is 0.538. The second-order valence-corrected chi connectivity index (χ2v) is 4.94. The van der Waals surface area contributed by atoms with Crippen LogP contribution in [0.3, 0.4) is 0 Å². The van der Waals surface area contributed by atoms with Crippen molar-refractivity contribution in [3.63, 3.8) is 0 Å². The van der Waals surface area contributed by atoms with Gasteiger partial charge >= 0.3 is 0 Å². The molecule has 0 spiro atoms. The van der Waals surface area contributed by atoms with E-state index < -0.39 is 48.9 Å². The van der Waals surface area contributed by atoms with Gasteiger partial charge in [-0.15, -0.1) is 0 Å². The van der Waals surface area contributed by atoms with Crippen molar-refractivity contribution in [1.29, 1.82) is 0 Å². The molecule has 0 aromatic carbocycles. The SMILES string of the molecule is COc1ccnc(C(=O)NC2[C@@H](O)[C@H](O)[C@@H](CO)O[C@@H]2O)c1O. The van der Waals surface area contributed by atoms with E-state index in [1.54, 1.807) is 0 Å². The first-order valence-electron chi connectivity index (χ1n) is 6.74. The Hall–Kier alpha value is -1.98. The van der Waals surface area contributed by atoms with Gasteiger partial charge in [-0.2, -0.15) is 0 Å². The van der Waals surface area contributed by atoms with Crippen LogP contribution in [-0.4, -0.2) is 80.8 Å². The highest BCUT2D eigenvalue weighted by atomic mass is 16.6. The highest BCUT2D eigenvalue weighted by Crippen LogP contribution is 2.28. The number of pyridine rings is 1. The van der Waals surface area contributed by atoms with Crippen molar-refractivity contribution in [3.8, 4) is 11.5 Å². The molecule has 2 rings (SSSR count). The Balaban J connectivity index is 2.17. The summed E-state index contributed by atoms with van der Waals surface area (Å²) in [7, 11) is 1.30. The molecule has 1 aromatic heterocycles. The van der Waals surface area contributed by atoms with Crippen LogP contribution < -0.4 is 10.1 Å². The molecule has 10 heteroatoms. The van der Waals surface area contributed by atoms with Crippen molar-refractivity contribution in [1.82, 2.24) is 10.3 Å². The minimum absolute atomic E-state index is 0.0199. The van der Waals surface area contributed by atoms with Gasteiger partial charge in [0.25, 0.3) is 5.91 Å². The first-order chi connectivity index (χ1) is 10.9. The number of carbonyl (C=O) groups is 1. The zero-order valence-electron chi connectivity index (χ0n) is 12.2. The molecule has 6 N–H and O–H groups in total. The van der Waals surface area contributed by atoms with Gasteiger partial charge in [-0.25, -0.2) is 4.98 Å². The van der Waals surface area contributed by atoms with E-state index in [4.69, 9.17) is 14.6 Å². The standard InChI is InChI=1S/C13H18N2O8/c1-22-5-2-3-14-7(9(5)17)12(20)15-8-11(19)10(18)6(4-16)23-13(8)21/h2-3,6,8,10-11,13,16-19,21H,4H2,1H3,(H,15,20)/t6-,8?,10-,11-,13+/m1/s1. The monoisotopic (exact) mass is 330 g/mol. The molecule has 10 nitrogen and oxygen atoms in total. The first kappa shape index (κ1) is 17.4. The van der Waals surface area contributed by atoms with Crippen molar-refractivity contribution in [2.24, 2.45) is 0 Å². The smallest absolute Gasteiger partial charge is 0.274 e. The maximum atomic E-state index is 12.2. The Morgan fingerprint density at radius 1 is 1.39 bits per heavy atom. The second-order valence-electron chi connectivity index (χ2n) is 4.94. The molecular formula is C13H18N2O8. The molecule has 0 radical (unpaired) electrons. The van der Waals surface area contributed by atoms with Crippen LogP contribution in [0.1, 0.15) is 10.5 Å². The number of nitrogens with one attached hydrogen (secondary N) is 1. The Morgan fingerprint density at radius 2 is 2.09 bits per heavy atom. The molecule has 5 atom stereocenters. The van der Waals surface area contributed by atoms with Crippen LogP contribution in [0, 0.1) is 0 Å². The summed E-state index contributed by atoms with van der Waals surface area (Å²) in [5.41, 5.74) is -0.387. The Kier molecular flexibility index (Phi) is 5.34. The van der Waals surface area contributed by atoms with E-state index in [-0.39, 0.29) is 11.4 Å². The molecule has 2 heterocycles. The third-order valence-electron chi connectivity index (χ3n) is 3.52. The predicted octanol–water partition coefficient (Wildman–Crippen LogP) is -2.67. The van der Waals surface area contributed by atoms with Crippen LogP contribution in [0.5, 0.6) is 11.5 Å². The number of aliphatic hydroxyl groups excluding tert-OH is 4. The molecule has 0 saturated carbocycles. The molecule has 1 unspecified atom stereocenters. The number of hydrogen-bond donors (Lipinski definition) is 6. The van der Waals surface area contributed by atoms with E-state index in [2.05, 4.69) is 10.3 Å². The first-order valence-corrected chi connectivity index (χ1v) is 6.74. The number of nitrogens with zero attached hydrogens (tertiary/aromatic N) is 1. The number of methoxy groups -OCH3 is 1. The van der Waals surface area contributed by atoms with Crippen LogP contribution in [0.4, 0.5) is 0 Å². The molecular weight excluding hydrogens is 312 g/mol. The van der Waals surface area contributed by atoms with Gasteiger partial charge in [0.15, 0.2) is 23.5 Å². The molecule has 1 amide bonds. The third-order valence-corrected chi connectivity index (χ3v) is 3.52. The van der Waals surface area contributed by atoms with Crippen LogP contribution in [0.25, 0.3) is 0 Å². The minimum atomic E-state index is -1.66. The van der Waals surface area contributed by atoms with Crippen LogP contribution in [-0.2, 0) is 4.74 Å². The van der Waals surface area contributed by atoms with Gasteiger partial charge < -0.3 is 40.3 Å². The van der Waals surface area contributed by atoms with Gasteiger partial charge in [-0.1, -0.05) is 0 Å². The Labute approximate surface area is 130 Å². The lowest BCUT2D eigenvalue weighted by Gasteiger charge is -2.40. The fourth-order valence-corrected chi connectivity index (χ4v) is 2.24. The zero-order valence-corrected chi connectivity index (χ0v) is 12.2. The van der Waals surface area contributed by atoms with Crippen molar-refractivity contribution >= 4 is 5.91 Å². The summed E-state index contributed by atoms with van der Waals surface area (Å²) in [5, 5.41) is 50.6. The predicted molar refractivity (Wildman–Crippen MR) is 73.7 cm³/mol. The number of rotatable bonds is 4. The summed E-state index contributed by atoms with van der Waals surface area (Å²) >= 11 is 0. The number of ether oxygens (including phenoxy) is 2. The van der Waals surface area contributed by atoms with Gasteiger partial charge in [0.2, 0.25) is 0 Å². The lowest BCUT2D eigenvalue weighted by Crippen LogP contribution is -2.64. The number of amides is 1. The minimum Gasteiger partial charge on any atom is -0.503 e. The average molecular weight is 330 g/mol. The summed E-state index contributed by atoms with van der Waals surface area (Å²) in [6, 6.07) is -0.0394. The van der Waals surface area contributed by atoms with Gasteiger partial charge in [0, 0.05) is 12.3 Å². The lowest BCUT2D eigenvalue weighted by atomic mass is 9.97. The fourth-order valence-electron chi connectivity index (χ4n) is 2.24. The van der Waals surface area contributed by atoms with Crippen LogP contribution in [0.15, 0.2) is 12.3 Å². The third kappa shape index (κ3) is 3.35. The van der Waals surface area contributed by atoms with E-state index in [1.807, 2.05) is 0 Å². The van der Waals surface area contributed by atoms with E-state index >= 15 is 0 Å². The van der Waals surface area contributed by atoms with E-state index in [9.17, 15) is 25.2 Å². The number of aliphatic hydroxyl groups is 4. The molecule has 1 aliphatic rings.